The van der Waals surface area contributed by atoms with Gasteiger partial charge in [-0.1, -0.05) is 12.7 Å². The summed E-state index contributed by atoms with van der Waals surface area (Å²) in [6.45, 7) is 7.07. The molecule has 0 fully saturated rings. The van der Waals surface area contributed by atoms with Gasteiger partial charge in [-0.25, -0.2) is 0 Å². The lowest BCUT2D eigenvalue weighted by atomic mass is 10.5. The average molecular weight is 303 g/mol. The van der Waals surface area contributed by atoms with Crippen molar-refractivity contribution in [2.75, 3.05) is 21.3 Å². The fourth-order valence-electron chi connectivity index (χ4n) is 0.744. The summed E-state index contributed by atoms with van der Waals surface area (Å²) in [7, 11) is 0.885. The molecule has 0 saturated heterocycles. The lowest BCUT2D eigenvalue weighted by Crippen LogP contribution is -2.40. The van der Waals surface area contributed by atoms with Crippen LogP contribution in [0.2, 0.25) is 6.04 Å². The van der Waals surface area contributed by atoms with Crippen LogP contribution in [0, 0.1) is 0 Å². The predicted octanol–water partition coefficient (Wildman–Crippen LogP) is 2.85. The van der Waals surface area contributed by atoms with Gasteiger partial charge in [-0.3, -0.25) is 0 Å². The van der Waals surface area contributed by atoms with Gasteiger partial charge in [0.25, 0.3) is 0 Å². The Labute approximate surface area is 110 Å². The number of allylic oxidation sites excluding steroid dienone is 1. The monoisotopic (exact) mass is 302 g/mol. The summed E-state index contributed by atoms with van der Waals surface area (Å²) in [5.74, 6) is 0. The molecule has 0 saturated carbocycles. The SMILES string of the molecule is C=CCC[SiH](Cl)Cl.C=C[Si](OC)(OC)OC. The summed E-state index contributed by atoms with van der Waals surface area (Å²) < 4.78 is 14.9. The lowest BCUT2D eigenvalue weighted by molar-refractivity contribution is 0.138. The molecule has 0 amide bonds. The smallest absolute Gasteiger partial charge is 0.374 e. The van der Waals surface area contributed by atoms with Gasteiger partial charge >= 0.3 is 8.80 Å². The van der Waals surface area contributed by atoms with Crippen molar-refractivity contribution in [2.45, 2.75) is 12.5 Å². The number of rotatable bonds is 7. The van der Waals surface area contributed by atoms with Gasteiger partial charge in [0.05, 0.1) is 0 Å². The van der Waals surface area contributed by atoms with E-state index in [1.54, 1.807) is 27.0 Å². The van der Waals surface area contributed by atoms with Crippen LogP contribution in [0.3, 0.4) is 0 Å². The van der Waals surface area contributed by atoms with E-state index in [1.165, 1.54) is 0 Å². The van der Waals surface area contributed by atoms with E-state index in [0.717, 1.165) is 12.5 Å². The average Bonchev–Trinajstić information content (AvgIpc) is 2.31. The van der Waals surface area contributed by atoms with E-state index < -0.39 is 16.2 Å². The van der Waals surface area contributed by atoms with E-state index in [0.29, 0.717) is 0 Å². The van der Waals surface area contributed by atoms with E-state index in [2.05, 4.69) is 13.2 Å². The first kappa shape index (κ1) is 18.7. The molecule has 0 heterocycles. The van der Waals surface area contributed by atoms with Crippen LogP contribution in [0.1, 0.15) is 6.42 Å². The molecule has 7 heteroatoms. The first-order chi connectivity index (χ1) is 7.51. The maximum absolute atomic E-state index is 5.51. The van der Waals surface area contributed by atoms with Crippen molar-refractivity contribution in [3.63, 3.8) is 0 Å². The molecular formula is C9H20Cl2O3Si2. The number of hydrogen-bond acceptors (Lipinski definition) is 3. The van der Waals surface area contributed by atoms with Crippen molar-refractivity contribution >= 4 is 38.4 Å². The third kappa shape index (κ3) is 9.59. The van der Waals surface area contributed by atoms with Crippen LogP contribution in [-0.4, -0.2) is 37.6 Å². The first-order valence-corrected chi connectivity index (χ1v) is 10.8. The zero-order chi connectivity index (χ0) is 13.0. The quantitative estimate of drug-likeness (QED) is 0.411. The molecule has 0 aliphatic heterocycles. The molecular weight excluding hydrogens is 283 g/mol. The van der Waals surface area contributed by atoms with E-state index in [-0.39, 0.29) is 0 Å². The summed E-state index contributed by atoms with van der Waals surface area (Å²) in [4.78, 5) is 0. The van der Waals surface area contributed by atoms with Gasteiger partial charge in [0, 0.05) is 21.3 Å². The molecule has 0 aromatic rings. The Bertz CT molecular complexity index is 179. The normalized spacial score (nSPS) is 10.6. The zero-order valence-electron chi connectivity index (χ0n) is 10.0. The highest BCUT2D eigenvalue weighted by Crippen LogP contribution is 2.05. The second kappa shape index (κ2) is 11.8. The van der Waals surface area contributed by atoms with Crippen molar-refractivity contribution in [3.05, 3.63) is 24.9 Å². The molecule has 0 unspecified atom stereocenters. The molecule has 3 nitrogen and oxygen atoms in total. The zero-order valence-corrected chi connectivity index (χ0v) is 13.7. The van der Waals surface area contributed by atoms with Crippen LogP contribution in [0.4, 0.5) is 0 Å². The molecule has 96 valence electrons. The highest BCUT2D eigenvalue weighted by Gasteiger charge is 2.33. The summed E-state index contributed by atoms with van der Waals surface area (Å²) in [6, 6.07) is 0.951. The third-order valence-electron chi connectivity index (χ3n) is 1.69. The highest BCUT2D eigenvalue weighted by atomic mass is 35.7. The van der Waals surface area contributed by atoms with Crippen molar-refractivity contribution in [1.29, 1.82) is 0 Å². The molecule has 0 rings (SSSR count). The van der Waals surface area contributed by atoms with E-state index in [1.807, 2.05) is 6.08 Å². The Morgan fingerprint density at radius 3 is 1.62 bits per heavy atom. The maximum Gasteiger partial charge on any atom is 0.528 e. The summed E-state index contributed by atoms with van der Waals surface area (Å²) in [6.07, 6.45) is 2.80. The van der Waals surface area contributed by atoms with Crippen molar-refractivity contribution < 1.29 is 13.3 Å². The molecule has 0 atom stereocenters. The fourth-order valence-corrected chi connectivity index (χ4v) is 2.99. The molecule has 0 aromatic heterocycles. The maximum atomic E-state index is 5.51. The topological polar surface area (TPSA) is 27.7 Å². The van der Waals surface area contributed by atoms with Crippen LogP contribution >= 0.6 is 22.2 Å². The Hall–Kier alpha value is 0.374. The molecule has 0 radical (unpaired) electrons. The van der Waals surface area contributed by atoms with Crippen LogP contribution in [0.15, 0.2) is 24.9 Å². The second-order valence-electron chi connectivity index (χ2n) is 2.68. The van der Waals surface area contributed by atoms with Gasteiger partial charge in [-0.2, -0.15) is 22.2 Å². The summed E-state index contributed by atoms with van der Waals surface area (Å²) >= 11 is 11.0. The molecule has 0 spiro atoms. The van der Waals surface area contributed by atoms with Gasteiger partial charge in [-0.15, -0.1) is 6.58 Å². The largest absolute Gasteiger partial charge is 0.528 e. The van der Waals surface area contributed by atoms with E-state index in [4.69, 9.17) is 35.4 Å². The van der Waals surface area contributed by atoms with Crippen molar-refractivity contribution in [1.82, 2.24) is 0 Å². The molecule has 0 aliphatic carbocycles. The van der Waals surface area contributed by atoms with E-state index >= 15 is 0 Å². The van der Waals surface area contributed by atoms with Crippen molar-refractivity contribution in [3.8, 4) is 0 Å². The molecule has 0 N–H and O–H groups in total. The van der Waals surface area contributed by atoms with Crippen LogP contribution in [0.25, 0.3) is 0 Å². The molecule has 0 bridgehead atoms. The van der Waals surface area contributed by atoms with Crippen molar-refractivity contribution in [2.24, 2.45) is 0 Å². The first-order valence-electron chi connectivity index (χ1n) is 4.70. The fraction of sp³-hybridized carbons (Fsp3) is 0.556. The van der Waals surface area contributed by atoms with Crippen LogP contribution in [-0.2, 0) is 13.3 Å². The summed E-state index contributed by atoms with van der Waals surface area (Å²) in [5.41, 5.74) is 1.58. The standard InChI is InChI=1S/C5H12O3Si.C4H8Cl2Si/c1-5-9(6-2,7-3)8-4;1-2-3-4-7(5)6/h5H,1H2,2-4H3;2,7H,1,3-4H2. The third-order valence-corrected chi connectivity index (χ3v) is 5.98. The number of halogens is 2. The lowest BCUT2D eigenvalue weighted by Gasteiger charge is -2.19. The van der Waals surface area contributed by atoms with Crippen LogP contribution < -0.4 is 0 Å². The minimum Gasteiger partial charge on any atom is -0.374 e. The molecule has 16 heavy (non-hydrogen) atoms. The van der Waals surface area contributed by atoms with Gasteiger partial charge in [-0.05, 0) is 18.2 Å². The Balaban J connectivity index is 0. The highest BCUT2D eigenvalue weighted by molar-refractivity contribution is 7.33. The van der Waals surface area contributed by atoms with Gasteiger partial charge in [0.1, 0.15) is 0 Å². The predicted molar refractivity (Wildman–Crippen MR) is 75.5 cm³/mol. The molecule has 0 aromatic carbocycles. The minimum absolute atomic E-state index is 0.951. The van der Waals surface area contributed by atoms with Crippen LogP contribution in [0.5, 0.6) is 0 Å². The number of hydrogen-bond donors (Lipinski definition) is 0. The Morgan fingerprint density at radius 1 is 1.12 bits per heavy atom. The van der Waals surface area contributed by atoms with Gasteiger partial charge in [0.15, 0.2) is 0 Å². The second-order valence-corrected chi connectivity index (χ2v) is 10.7. The Morgan fingerprint density at radius 2 is 1.56 bits per heavy atom. The minimum atomic E-state index is -2.43. The van der Waals surface area contributed by atoms with E-state index in [9.17, 15) is 0 Å². The molecule has 0 aliphatic rings. The summed E-state index contributed by atoms with van der Waals surface area (Å²) in [5, 5.41) is 0. The van der Waals surface area contributed by atoms with Gasteiger partial charge < -0.3 is 13.3 Å². The Kier molecular flexibility index (Phi) is 13.9. The van der Waals surface area contributed by atoms with Gasteiger partial charge in [0.2, 0.25) is 7.42 Å².